The van der Waals surface area contributed by atoms with Gasteiger partial charge in [-0.05, 0) is 37.3 Å². The highest BCUT2D eigenvalue weighted by Crippen LogP contribution is 2.08. The number of nitrogens with zero attached hydrogens (tertiary/aromatic N) is 1. The summed E-state index contributed by atoms with van der Waals surface area (Å²) in [6.07, 6.45) is 2.35. The molecule has 0 spiro atoms. The summed E-state index contributed by atoms with van der Waals surface area (Å²) in [4.78, 5) is 16.1. The van der Waals surface area contributed by atoms with Gasteiger partial charge in [0.25, 0.3) is 0 Å². The van der Waals surface area contributed by atoms with Crippen LogP contribution in [0.15, 0.2) is 52.1 Å². The summed E-state index contributed by atoms with van der Waals surface area (Å²) >= 11 is 0. The number of amides is 1. The summed E-state index contributed by atoms with van der Waals surface area (Å²) in [7, 11) is 0. The number of halogens is 2. The van der Waals surface area contributed by atoms with E-state index < -0.39 is 5.82 Å². The Morgan fingerprint density at radius 3 is 2.76 bits per heavy atom. The standard InChI is InChI=1S/C17H21FN4O2.HI/c1-2-19-17(20-9-8-15-7-4-10-24-15)21-12-16(23)22-14-6-3-5-13(18)11-14;/h3-7,10-11H,2,8-9,12H2,1H3,(H,22,23)(H2,19,20,21);1H. The predicted molar refractivity (Wildman–Crippen MR) is 107 cm³/mol. The molecular weight excluding hydrogens is 438 g/mol. The van der Waals surface area contributed by atoms with E-state index in [0.29, 0.717) is 31.2 Å². The molecule has 0 unspecified atom stereocenters. The Morgan fingerprint density at radius 1 is 1.24 bits per heavy atom. The van der Waals surface area contributed by atoms with Gasteiger partial charge in [-0.25, -0.2) is 9.38 Å². The van der Waals surface area contributed by atoms with E-state index in [-0.39, 0.29) is 36.4 Å². The van der Waals surface area contributed by atoms with E-state index in [1.54, 1.807) is 12.3 Å². The second-order valence-corrected chi connectivity index (χ2v) is 5.01. The number of furan rings is 1. The number of rotatable bonds is 7. The van der Waals surface area contributed by atoms with E-state index in [2.05, 4.69) is 20.9 Å². The van der Waals surface area contributed by atoms with Crippen molar-refractivity contribution in [1.29, 1.82) is 0 Å². The molecule has 1 aromatic carbocycles. The third-order valence-corrected chi connectivity index (χ3v) is 3.08. The van der Waals surface area contributed by atoms with Gasteiger partial charge in [-0.3, -0.25) is 4.79 Å². The molecule has 6 nitrogen and oxygen atoms in total. The van der Waals surface area contributed by atoms with Crippen LogP contribution in [0, 0.1) is 5.82 Å². The first-order chi connectivity index (χ1) is 11.7. The number of aliphatic imine (C=N–C) groups is 1. The minimum atomic E-state index is -0.399. The van der Waals surface area contributed by atoms with Crippen molar-refractivity contribution in [3.8, 4) is 0 Å². The average molecular weight is 460 g/mol. The maximum Gasteiger partial charge on any atom is 0.246 e. The van der Waals surface area contributed by atoms with Crippen molar-refractivity contribution >= 4 is 41.5 Å². The van der Waals surface area contributed by atoms with Crippen molar-refractivity contribution in [2.45, 2.75) is 13.3 Å². The van der Waals surface area contributed by atoms with Crippen molar-refractivity contribution in [3.63, 3.8) is 0 Å². The monoisotopic (exact) mass is 460 g/mol. The molecule has 2 aromatic rings. The van der Waals surface area contributed by atoms with Crippen LogP contribution in [-0.2, 0) is 11.2 Å². The molecule has 0 saturated heterocycles. The average Bonchev–Trinajstić information content (AvgIpc) is 3.06. The van der Waals surface area contributed by atoms with Gasteiger partial charge in [-0.2, -0.15) is 0 Å². The molecular formula is C17H22FIN4O2. The van der Waals surface area contributed by atoms with Gasteiger partial charge in [0.15, 0.2) is 5.96 Å². The molecule has 3 N–H and O–H groups in total. The molecule has 136 valence electrons. The van der Waals surface area contributed by atoms with Gasteiger partial charge in [0.1, 0.15) is 18.1 Å². The Kier molecular flexibility index (Phi) is 9.60. The largest absolute Gasteiger partial charge is 0.469 e. The molecule has 1 heterocycles. The van der Waals surface area contributed by atoms with Gasteiger partial charge in [-0.15, -0.1) is 24.0 Å². The van der Waals surface area contributed by atoms with Gasteiger partial charge in [0, 0.05) is 25.2 Å². The van der Waals surface area contributed by atoms with Crippen molar-refractivity contribution in [3.05, 3.63) is 54.2 Å². The van der Waals surface area contributed by atoms with Gasteiger partial charge in [0.2, 0.25) is 5.91 Å². The van der Waals surface area contributed by atoms with Crippen molar-refractivity contribution < 1.29 is 13.6 Å². The number of hydrogen-bond acceptors (Lipinski definition) is 3. The number of carbonyl (C=O) groups is 1. The molecule has 8 heteroatoms. The summed E-state index contributed by atoms with van der Waals surface area (Å²) < 4.78 is 18.3. The topological polar surface area (TPSA) is 78.7 Å². The maximum atomic E-state index is 13.1. The van der Waals surface area contributed by atoms with Crippen molar-refractivity contribution in [2.24, 2.45) is 4.99 Å². The maximum absolute atomic E-state index is 13.1. The number of hydrogen-bond donors (Lipinski definition) is 3. The summed E-state index contributed by atoms with van der Waals surface area (Å²) in [5, 5.41) is 8.79. The lowest BCUT2D eigenvalue weighted by atomic mass is 10.3. The fourth-order valence-corrected chi connectivity index (χ4v) is 2.02. The van der Waals surface area contributed by atoms with E-state index in [0.717, 1.165) is 5.76 Å². The SMILES string of the molecule is CCNC(=NCC(=O)Nc1cccc(F)c1)NCCc1ccco1.I. The molecule has 0 bridgehead atoms. The van der Waals surface area contributed by atoms with Crippen LogP contribution in [0.2, 0.25) is 0 Å². The fourth-order valence-electron chi connectivity index (χ4n) is 2.02. The Labute approximate surface area is 163 Å². The third kappa shape index (κ3) is 8.01. The van der Waals surface area contributed by atoms with E-state index in [1.165, 1.54) is 18.2 Å². The van der Waals surface area contributed by atoms with Crippen molar-refractivity contribution in [2.75, 3.05) is 25.0 Å². The van der Waals surface area contributed by atoms with Crippen molar-refractivity contribution in [1.82, 2.24) is 10.6 Å². The highest BCUT2D eigenvalue weighted by atomic mass is 127. The lowest BCUT2D eigenvalue weighted by molar-refractivity contribution is -0.114. The number of guanidine groups is 1. The number of carbonyl (C=O) groups excluding carboxylic acids is 1. The van der Waals surface area contributed by atoms with Crippen LogP contribution in [-0.4, -0.2) is 31.5 Å². The molecule has 0 atom stereocenters. The first-order valence-electron chi connectivity index (χ1n) is 7.77. The second-order valence-electron chi connectivity index (χ2n) is 5.01. The Balaban J connectivity index is 0.00000312. The van der Waals surface area contributed by atoms with E-state index in [1.807, 2.05) is 19.1 Å². The fraction of sp³-hybridized carbons (Fsp3) is 0.294. The zero-order valence-electron chi connectivity index (χ0n) is 13.9. The van der Waals surface area contributed by atoms with Crippen LogP contribution in [0.4, 0.5) is 10.1 Å². The van der Waals surface area contributed by atoms with Gasteiger partial charge in [-0.1, -0.05) is 6.07 Å². The summed E-state index contributed by atoms with van der Waals surface area (Å²) in [6, 6.07) is 9.48. The van der Waals surface area contributed by atoms with E-state index >= 15 is 0 Å². The quantitative estimate of drug-likeness (QED) is 0.338. The first kappa shape index (κ1) is 20.9. The van der Waals surface area contributed by atoms with Crippen LogP contribution in [0.3, 0.4) is 0 Å². The summed E-state index contributed by atoms with van der Waals surface area (Å²) in [5.74, 6) is 0.703. The lowest BCUT2D eigenvalue weighted by Crippen LogP contribution is -2.39. The van der Waals surface area contributed by atoms with Crippen LogP contribution >= 0.6 is 24.0 Å². The van der Waals surface area contributed by atoms with Gasteiger partial charge in [0.05, 0.1) is 6.26 Å². The highest BCUT2D eigenvalue weighted by molar-refractivity contribution is 14.0. The van der Waals surface area contributed by atoms with E-state index in [4.69, 9.17) is 4.42 Å². The minimum Gasteiger partial charge on any atom is -0.469 e. The Hall–Kier alpha value is -2.10. The van der Waals surface area contributed by atoms with E-state index in [9.17, 15) is 9.18 Å². The normalized spacial score (nSPS) is 10.7. The Morgan fingerprint density at radius 2 is 2.08 bits per heavy atom. The zero-order valence-corrected chi connectivity index (χ0v) is 16.3. The van der Waals surface area contributed by atoms with Crippen LogP contribution in [0.25, 0.3) is 0 Å². The highest BCUT2D eigenvalue weighted by Gasteiger charge is 2.04. The van der Waals surface area contributed by atoms with Gasteiger partial charge >= 0.3 is 0 Å². The zero-order chi connectivity index (χ0) is 17.2. The number of nitrogens with one attached hydrogen (secondary N) is 3. The molecule has 0 aliphatic heterocycles. The predicted octanol–water partition coefficient (Wildman–Crippen LogP) is 2.77. The summed E-state index contributed by atoms with van der Waals surface area (Å²) in [6.45, 7) is 3.19. The van der Waals surface area contributed by atoms with Gasteiger partial charge < -0.3 is 20.4 Å². The molecule has 0 aliphatic carbocycles. The number of benzene rings is 1. The molecule has 1 aromatic heterocycles. The lowest BCUT2D eigenvalue weighted by Gasteiger charge is -2.10. The third-order valence-electron chi connectivity index (χ3n) is 3.08. The number of anilines is 1. The smallest absolute Gasteiger partial charge is 0.246 e. The molecule has 2 rings (SSSR count). The van der Waals surface area contributed by atoms with Crippen LogP contribution in [0.5, 0.6) is 0 Å². The molecule has 0 saturated carbocycles. The Bertz CT molecular complexity index is 677. The van der Waals surface area contributed by atoms with Crippen LogP contribution < -0.4 is 16.0 Å². The minimum absolute atomic E-state index is 0. The summed E-state index contributed by atoms with van der Waals surface area (Å²) in [5.41, 5.74) is 0.408. The first-order valence-corrected chi connectivity index (χ1v) is 7.77. The molecule has 0 radical (unpaired) electrons. The molecule has 1 amide bonds. The second kappa shape index (κ2) is 11.5. The molecule has 25 heavy (non-hydrogen) atoms. The molecule has 0 fully saturated rings. The molecule has 0 aliphatic rings. The van der Waals surface area contributed by atoms with Crippen LogP contribution in [0.1, 0.15) is 12.7 Å².